The molecule has 6 nitrogen and oxygen atoms in total. The van der Waals surface area contributed by atoms with Gasteiger partial charge in [-0.25, -0.2) is 4.79 Å². The minimum atomic E-state index is -1.17. The van der Waals surface area contributed by atoms with Crippen LogP contribution in [0.5, 0.6) is 5.75 Å². The maximum absolute atomic E-state index is 13.9. The number of carboxylic acids is 1. The predicted molar refractivity (Wildman–Crippen MR) is 153 cm³/mol. The first-order valence-corrected chi connectivity index (χ1v) is 13.2. The Balaban J connectivity index is 1.52. The average Bonchev–Trinajstić information content (AvgIpc) is 3.42. The first kappa shape index (κ1) is 26.0. The Morgan fingerprint density at radius 1 is 0.769 bits per heavy atom. The fraction of sp³-hybridized carbons (Fsp3) is 0.125. The lowest BCUT2D eigenvalue weighted by molar-refractivity contribution is -0.130. The number of aliphatic carboxylic acids is 1. The van der Waals surface area contributed by atoms with Crippen LogP contribution in [0.2, 0.25) is 0 Å². The van der Waals surface area contributed by atoms with E-state index >= 15 is 0 Å². The van der Waals surface area contributed by atoms with Crippen molar-refractivity contribution in [2.45, 2.75) is 26.9 Å². The lowest BCUT2D eigenvalue weighted by atomic mass is 9.88. The summed E-state index contributed by atoms with van der Waals surface area (Å²) in [4.78, 5) is 26.6. The second kappa shape index (κ2) is 11.4. The maximum atomic E-state index is 13.9. The summed E-state index contributed by atoms with van der Waals surface area (Å²) in [5.41, 5.74) is 6.17. The number of nitrogens with zero attached hydrogens (tertiary/aromatic N) is 2. The van der Waals surface area contributed by atoms with Crippen molar-refractivity contribution in [1.29, 1.82) is 0 Å². The first-order chi connectivity index (χ1) is 18.9. The summed E-state index contributed by atoms with van der Waals surface area (Å²) in [6.07, 6.45) is 0.139. The minimum Gasteiger partial charge on any atom is -0.489 e. The van der Waals surface area contributed by atoms with E-state index in [1.54, 1.807) is 24.3 Å². The molecule has 39 heavy (non-hydrogen) atoms. The molecule has 1 N–H and O–H groups in total. The van der Waals surface area contributed by atoms with Gasteiger partial charge in [-0.3, -0.25) is 4.79 Å². The molecule has 1 heterocycles. The molecule has 0 aliphatic rings. The van der Waals surface area contributed by atoms with E-state index in [2.05, 4.69) is 8.75 Å². The number of Topliss-reactive ketones (excluding diaryl/α,β-unsaturated/α-hetero) is 1. The summed E-state index contributed by atoms with van der Waals surface area (Å²) >= 11 is 1.06. The Hall–Kier alpha value is -4.62. The largest absolute Gasteiger partial charge is 0.489 e. The quantitative estimate of drug-likeness (QED) is 0.164. The molecule has 5 aromatic rings. The van der Waals surface area contributed by atoms with Crippen LogP contribution in [0.1, 0.15) is 38.2 Å². The molecule has 0 aliphatic heterocycles. The van der Waals surface area contributed by atoms with Crippen molar-refractivity contribution in [3.05, 3.63) is 130 Å². The highest BCUT2D eigenvalue weighted by Gasteiger charge is 2.24. The Bertz CT molecular complexity index is 1690. The maximum Gasteiger partial charge on any atom is 0.336 e. The normalized spacial score (nSPS) is 11.7. The number of ether oxygens (including phenoxy) is 1. The van der Waals surface area contributed by atoms with Crippen LogP contribution in [-0.4, -0.2) is 25.6 Å². The number of benzene rings is 4. The molecule has 1 aromatic heterocycles. The molecule has 5 rings (SSSR count). The minimum absolute atomic E-state index is 0.0440. The van der Waals surface area contributed by atoms with Gasteiger partial charge in [0.2, 0.25) is 0 Å². The van der Waals surface area contributed by atoms with Crippen LogP contribution in [0.15, 0.2) is 96.6 Å². The van der Waals surface area contributed by atoms with Gasteiger partial charge in [-0.05, 0) is 72.0 Å². The Morgan fingerprint density at radius 2 is 1.49 bits per heavy atom. The van der Waals surface area contributed by atoms with Gasteiger partial charge in [-0.1, -0.05) is 60.7 Å². The molecule has 0 spiro atoms. The highest BCUT2D eigenvalue weighted by atomic mass is 32.1. The number of carboxylic acid groups (broad SMARTS) is 1. The number of aryl methyl sites for hydroxylation is 2. The van der Waals surface area contributed by atoms with E-state index < -0.39 is 5.97 Å². The standard InChI is InChI=1S/C32H26N2O4S/c1-20-8-11-25(16-21(20)2)31(35)27(30(32(36)37)24-12-15-28-29(18-24)34-39-33-28)17-22-9-13-26(14-10-22)38-19-23-6-4-3-5-7-23/h3-16,18H,17,19H2,1-2H3,(H,36,37)/b30-27+. The summed E-state index contributed by atoms with van der Waals surface area (Å²) in [6.45, 7) is 4.35. The zero-order chi connectivity index (χ0) is 27.4. The monoisotopic (exact) mass is 534 g/mol. The molecular formula is C32H26N2O4S. The molecule has 194 valence electrons. The Kier molecular flexibility index (Phi) is 7.61. The van der Waals surface area contributed by atoms with Crippen LogP contribution in [0, 0.1) is 13.8 Å². The number of carbonyl (C=O) groups excluding carboxylic acids is 1. The van der Waals surface area contributed by atoms with Gasteiger partial charge < -0.3 is 9.84 Å². The molecule has 0 unspecified atom stereocenters. The summed E-state index contributed by atoms with van der Waals surface area (Å²) in [5.74, 6) is -0.808. The number of hydrogen-bond acceptors (Lipinski definition) is 6. The van der Waals surface area contributed by atoms with E-state index in [0.29, 0.717) is 34.5 Å². The number of aromatic nitrogens is 2. The van der Waals surface area contributed by atoms with Crippen molar-refractivity contribution in [3.63, 3.8) is 0 Å². The van der Waals surface area contributed by atoms with Crippen molar-refractivity contribution in [1.82, 2.24) is 8.75 Å². The highest BCUT2D eigenvalue weighted by molar-refractivity contribution is 7.00. The van der Waals surface area contributed by atoms with Crippen LogP contribution in [0.4, 0.5) is 0 Å². The second-order valence-electron chi connectivity index (χ2n) is 9.35. The van der Waals surface area contributed by atoms with Gasteiger partial charge in [-0.2, -0.15) is 8.75 Å². The molecule has 0 bridgehead atoms. The van der Waals surface area contributed by atoms with E-state index in [-0.39, 0.29) is 23.4 Å². The van der Waals surface area contributed by atoms with Crippen molar-refractivity contribution < 1.29 is 19.4 Å². The molecule has 0 atom stereocenters. The molecule has 4 aromatic carbocycles. The summed E-state index contributed by atoms with van der Waals surface area (Å²) in [7, 11) is 0. The van der Waals surface area contributed by atoms with Gasteiger partial charge >= 0.3 is 5.97 Å². The molecule has 0 aliphatic carbocycles. The molecule has 0 radical (unpaired) electrons. The highest BCUT2D eigenvalue weighted by Crippen LogP contribution is 2.29. The number of carbonyl (C=O) groups is 2. The van der Waals surface area contributed by atoms with Crippen molar-refractivity contribution in [2.75, 3.05) is 0 Å². The molecule has 0 saturated heterocycles. The topological polar surface area (TPSA) is 89.4 Å². The van der Waals surface area contributed by atoms with Crippen molar-refractivity contribution >= 4 is 40.1 Å². The zero-order valence-corrected chi connectivity index (χ0v) is 22.4. The summed E-state index contributed by atoms with van der Waals surface area (Å²) < 4.78 is 14.4. The van der Waals surface area contributed by atoms with Gasteiger partial charge in [0, 0.05) is 17.6 Å². The van der Waals surface area contributed by atoms with Crippen LogP contribution < -0.4 is 4.74 Å². The van der Waals surface area contributed by atoms with Gasteiger partial charge in [-0.15, -0.1) is 0 Å². The van der Waals surface area contributed by atoms with E-state index in [4.69, 9.17) is 4.74 Å². The number of allylic oxidation sites excluding steroid dienone is 1. The fourth-order valence-electron chi connectivity index (χ4n) is 4.35. The van der Waals surface area contributed by atoms with Crippen LogP contribution >= 0.6 is 11.7 Å². The SMILES string of the molecule is Cc1ccc(C(=O)/C(Cc2ccc(OCc3ccccc3)cc2)=C(/C(=O)O)c2ccc3nsnc3c2)cc1C. The Morgan fingerprint density at radius 3 is 2.21 bits per heavy atom. The first-order valence-electron chi connectivity index (χ1n) is 12.5. The lowest BCUT2D eigenvalue weighted by Crippen LogP contribution is -2.14. The van der Waals surface area contributed by atoms with Gasteiger partial charge in [0.15, 0.2) is 5.78 Å². The predicted octanol–water partition coefficient (Wildman–Crippen LogP) is 6.85. The van der Waals surface area contributed by atoms with E-state index in [9.17, 15) is 14.7 Å². The third-order valence-corrected chi connectivity index (χ3v) is 7.21. The number of rotatable bonds is 9. The van der Waals surface area contributed by atoms with Crippen LogP contribution in [0.3, 0.4) is 0 Å². The zero-order valence-electron chi connectivity index (χ0n) is 21.5. The number of hydrogen-bond donors (Lipinski definition) is 1. The molecule has 0 amide bonds. The van der Waals surface area contributed by atoms with Crippen molar-refractivity contribution in [2.24, 2.45) is 0 Å². The molecule has 0 fully saturated rings. The fourth-order valence-corrected chi connectivity index (χ4v) is 4.87. The van der Waals surface area contributed by atoms with E-state index in [1.165, 1.54) is 0 Å². The van der Waals surface area contributed by atoms with Crippen LogP contribution in [0.25, 0.3) is 16.6 Å². The molecular weight excluding hydrogens is 508 g/mol. The van der Waals surface area contributed by atoms with Crippen molar-refractivity contribution in [3.8, 4) is 5.75 Å². The third-order valence-electron chi connectivity index (χ3n) is 6.65. The average molecular weight is 535 g/mol. The number of ketones is 1. The smallest absolute Gasteiger partial charge is 0.336 e. The third kappa shape index (κ3) is 5.94. The van der Waals surface area contributed by atoms with Gasteiger partial charge in [0.25, 0.3) is 0 Å². The van der Waals surface area contributed by atoms with Crippen LogP contribution in [-0.2, 0) is 17.8 Å². The Labute approximate surface area is 230 Å². The lowest BCUT2D eigenvalue weighted by Gasteiger charge is -2.14. The van der Waals surface area contributed by atoms with E-state index in [1.807, 2.05) is 80.6 Å². The van der Waals surface area contributed by atoms with E-state index in [0.717, 1.165) is 34.0 Å². The van der Waals surface area contributed by atoms with Gasteiger partial charge in [0.05, 0.1) is 17.3 Å². The second-order valence-corrected chi connectivity index (χ2v) is 9.88. The number of fused-ring (bicyclic) bond motifs is 1. The molecule has 0 saturated carbocycles. The summed E-state index contributed by atoms with van der Waals surface area (Å²) in [5, 5.41) is 10.4. The van der Waals surface area contributed by atoms with Gasteiger partial charge in [0.1, 0.15) is 23.4 Å². The molecule has 7 heteroatoms. The summed E-state index contributed by atoms with van der Waals surface area (Å²) in [6, 6.07) is 27.8.